The van der Waals surface area contributed by atoms with Crippen LogP contribution in [0.25, 0.3) is 205 Å². The molecule has 0 saturated carbocycles. The summed E-state index contributed by atoms with van der Waals surface area (Å²) >= 11 is 0. The number of halogens is 1. The fraction of sp³-hybridized carbons (Fsp3) is 0.0101. The molecule has 0 spiro atoms. The molecule has 7 heterocycles. The molecule has 508 valence electrons. The fourth-order valence-corrected chi connectivity index (χ4v) is 17.3. The van der Waals surface area contributed by atoms with Crippen molar-refractivity contribution in [2.75, 3.05) is 0 Å². The van der Waals surface area contributed by atoms with Crippen molar-refractivity contribution in [1.82, 2.24) is 43.4 Å². The second kappa shape index (κ2) is 24.8. The van der Waals surface area contributed by atoms with Crippen LogP contribution in [-0.4, -0.2) is 43.4 Å². The zero-order chi connectivity index (χ0) is 71.8. The molecule has 16 aromatic carbocycles. The highest BCUT2D eigenvalue weighted by atomic mass is 19.1. The van der Waals surface area contributed by atoms with E-state index in [-0.39, 0.29) is 5.82 Å². The Labute approximate surface area is 624 Å². The molecule has 0 radical (unpaired) electrons. The Bertz CT molecular complexity index is 7480. The van der Waals surface area contributed by atoms with E-state index in [4.69, 9.17) is 19.9 Å². The van der Waals surface area contributed by atoms with Crippen LogP contribution in [0.3, 0.4) is 0 Å². The third-order valence-corrected chi connectivity index (χ3v) is 22.0. The molecule has 0 fully saturated rings. The number of rotatable bonds is 7. The number of benzene rings is 16. The van der Waals surface area contributed by atoms with E-state index >= 15 is 0 Å². The molecular weight excluding hydrogens is 1330 g/mol. The van der Waals surface area contributed by atoms with Crippen molar-refractivity contribution in [2.24, 2.45) is 0 Å². The van der Waals surface area contributed by atoms with Crippen LogP contribution in [0.5, 0.6) is 0 Å². The molecule has 0 amide bonds. The van der Waals surface area contributed by atoms with Gasteiger partial charge >= 0.3 is 0 Å². The predicted octanol–water partition coefficient (Wildman–Crippen LogP) is 24.8. The average Bonchev–Trinajstić information content (AvgIpc) is 1.54. The molecule has 109 heavy (non-hydrogen) atoms. The van der Waals surface area contributed by atoms with E-state index in [0.717, 1.165) is 67.1 Å². The topological polar surface area (TPSA) is 91.6 Å². The van der Waals surface area contributed by atoms with Crippen LogP contribution in [0.1, 0.15) is 11.1 Å². The summed E-state index contributed by atoms with van der Waals surface area (Å²) in [6, 6.07) is 122. The highest BCUT2D eigenvalue weighted by Gasteiger charge is 2.32. The van der Waals surface area contributed by atoms with Gasteiger partial charge in [0.2, 0.25) is 0 Å². The van der Waals surface area contributed by atoms with Crippen molar-refractivity contribution in [1.29, 1.82) is 0 Å². The minimum Gasteiger partial charge on any atom is -0.308 e. The first-order valence-corrected chi connectivity index (χ1v) is 36.8. The van der Waals surface area contributed by atoms with Gasteiger partial charge in [-0.2, -0.15) is 0 Å². The summed E-state index contributed by atoms with van der Waals surface area (Å²) in [5.41, 5.74) is 24.3. The van der Waals surface area contributed by atoms with Crippen LogP contribution >= 0.6 is 0 Å². The van der Waals surface area contributed by atoms with Crippen molar-refractivity contribution < 1.29 is 4.39 Å². The predicted molar refractivity (Wildman–Crippen MR) is 444 cm³/mol. The van der Waals surface area contributed by atoms with E-state index in [2.05, 4.69) is 272 Å². The summed E-state index contributed by atoms with van der Waals surface area (Å²) in [6.45, 7) is 0. The summed E-state index contributed by atoms with van der Waals surface area (Å²) in [4.78, 5) is 29.4. The van der Waals surface area contributed by atoms with E-state index < -0.39 is 0 Å². The molecule has 1 aliphatic heterocycles. The first kappa shape index (κ1) is 61.8. The molecule has 0 saturated heterocycles. The standard InChI is InChI=1S/C49H29N5.C25H16FN3.C25H15N/c1-2-14-31(15-3-1)47-50-48(33-28-27-30-13-4-5-16-32(30)29-33)52-49(51-47)38-18-7-9-23-40(38)53-41-24-11-19-35-37-21-10-20-36-34-17-6-8-22-39(34)54(46(36)37)43-26-12-25-42(53)45(43)44(35)41;26-22-13-7-6-12-21(22)25-28-23(18-9-2-1-3-10-18)27-24(29-25)20-15-14-17-8-4-5-11-19(17)16-20;1-2-12-21-17(8-1)19-10-5-11-20-18-9-3-6-15-14-16-7-4-13-22(24(16)23(15)18)26(21)25(19)20/h1-29H;1-16H;1-13H,14H2. The van der Waals surface area contributed by atoms with Crippen molar-refractivity contribution in [2.45, 2.75) is 6.42 Å². The van der Waals surface area contributed by atoms with Gasteiger partial charge in [0.25, 0.3) is 0 Å². The van der Waals surface area contributed by atoms with Crippen LogP contribution in [0.15, 0.2) is 352 Å². The maximum absolute atomic E-state index is 14.5. The molecule has 22 aromatic rings. The maximum atomic E-state index is 14.5. The highest BCUT2D eigenvalue weighted by Crippen LogP contribution is 2.53. The zero-order valence-corrected chi connectivity index (χ0v) is 58.6. The van der Waals surface area contributed by atoms with E-state index in [1.54, 1.807) is 18.2 Å². The Hall–Kier alpha value is -14.6. The SMILES string of the molecule is Fc1ccccc1-c1nc(-c2ccccc2)nc(-c2ccc3ccccc3c2)n1.c1cc2c3c(c1)-c1cccc4c5ccccc5n(c14)-c1cccc(c1-3)C2.c1ccc(-c2nc(-c3ccc4ccccc4c3)nc(-c3ccccc3-n3c4cccc5c6cccc7c8ccccc8n(c8cccc3c8c54)c67)n2)cc1. The lowest BCUT2D eigenvalue weighted by molar-refractivity contribution is 0.630. The van der Waals surface area contributed by atoms with Gasteiger partial charge in [-0.3, -0.25) is 0 Å². The van der Waals surface area contributed by atoms with E-state index in [1.807, 2.05) is 78.9 Å². The third-order valence-electron chi connectivity index (χ3n) is 22.0. The summed E-state index contributed by atoms with van der Waals surface area (Å²) in [7, 11) is 0. The summed E-state index contributed by atoms with van der Waals surface area (Å²) in [5, 5.41) is 14.7. The summed E-state index contributed by atoms with van der Waals surface area (Å²) < 4.78 is 21.8. The van der Waals surface area contributed by atoms with Gasteiger partial charge in [-0.1, -0.05) is 279 Å². The van der Waals surface area contributed by atoms with Crippen molar-refractivity contribution in [3.8, 4) is 102 Å². The van der Waals surface area contributed by atoms with Gasteiger partial charge in [0.05, 0.1) is 55.6 Å². The molecule has 10 heteroatoms. The Morgan fingerprint density at radius 2 is 0.661 bits per heavy atom. The van der Waals surface area contributed by atoms with Gasteiger partial charge < -0.3 is 13.5 Å². The van der Waals surface area contributed by atoms with Gasteiger partial charge in [0.1, 0.15) is 5.82 Å². The first-order chi connectivity index (χ1) is 54.0. The van der Waals surface area contributed by atoms with E-state index in [0.29, 0.717) is 40.5 Å². The maximum Gasteiger partial charge on any atom is 0.167 e. The molecule has 0 unspecified atom stereocenters. The Morgan fingerprint density at radius 1 is 0.239 bits per heavy atom. The summed E-state index contributed by atoms with van der Waals surface area (Å²) in [6.07, 6.45) is 1.04. The lowest BCUT2D eigenvalue weighted by Crippen LogP contribution is -2.03. The Kier molecular flexibility index (Phi) is 14.1. The highest BCUT2D eigenvalue weighted by molar-refractivity contribution is 6.31. The largest absolute Gasteiger partial charge is 0.308 e. The molecule has 0 atom stereocenters. The smallest absolute Gasteiger partial charge is 0.167 e. The quantitative estimate of drug-likeness (QED) is 0.158. The van der Waals surface area contributed by atoms with Gasteiger partial charge in [0, 0.05) is 76.6 Å². The van der Waals surface area contributed by atoms with Crippen LogP contribution in [0, 0.1) is 5.82 Å². The number of aromatic nitrogens is 9. The van der Waals surface area contributed by atoms with Gasteiger partial charge in [-0.25, -0.2) is 34.3 Å². The average molecular weight is 1390 g/mol. The molecule has 1 aliphatic carbocycles. The number of fused-ring (bicyclic) bond motifs is 12. The molecular formula is C99H60FN9. The van der Waals surface area contributed by atoms with Gasteiger partial charge in [-0.15, -0.1) is 0 Å². The molecule has 6 aromatic heterocycles. The van der Waals surface area contributed by atoms with Crippen molar-refractivity contribution in [3.63, 3.8) is 0 Å². The Morgan fingerprint density at radius 3 is 1.34 bits per heavy atom. The zero-order valence-electron chi connectivity index (χ0n) is 58.6. The van der Waals surface area contributed by atoms with Crippen LogP contribution in [0.4, 0.5) is 4.39 Å². The molecule has 24 rings (SSSR count). The van der Waals surface area contributed by atoms with Crippen LogP contribution < -0.4 is 0 Å². The molecule has 9 nitrogen and oxygen atoms in total. The molecule has 0 N–H and O–H groups in total. The van der Waals surface area contributed by atoms with E-state index in [1.165, 1.54) is 121 Å². The lowest BCUT2D eigenvalue weighted by atomic mass is 9.93. The Balaban J connectivity index is 0.000000112. The third kappa shape index (κ3) is 9.85. The van der Waals surface area contributed by atoms with Gasteiger partial charge in [-0.05, 0) is 128 Å². The number of hydrogen-bond donors (Lipinski definition) is 0. The number of nitrogens with zero attached hydrogens (tertiary/aromatic N) is 9. The van der Waals surface area contributed by atoms with Crippen LogP contribution in [0.2, 0.25) is 0 Å². The van der Waals surface area contributed by atoms with Crippen molar-refractivity contribution in [3.05, 3.63) is 369 Å². The molecule has 2 aliphatic rings. The van der Waals surface area contributed by atoms with Crippen molar-refractivity contribution >= 4 is 103 Å². The number of para-hydroxylation sites is 5. The monoisotopic (exact) mass is 1390 g/mol. The lowest BCUT2D eigenvalue weighted by Gasteiger charge is -2.15. The van der Waals surface area contributed by atoms with Gasteiger partial charge in [0.15, 0.2) is 34.9 Å². The molecule has 0 bridgehead atoms. The first-order valence-electron chi connectivity index (χ1n) is 36.8. The minimum atomic E-state index is -0.359. The van der Waals surface area contributed by atoms with Crippen LogP contribution in [-0.2, 0) is 6.42 Å². The second-order valence-electron chi connectivity index (χ2n) is 28.1. The van der Waals surface area contributed by atoms with E-state index in [9.17, 15) is 4.39 Å². The minimum absolute atomic E-state index is 0.320. The normalized spacial score (nSPS) is 12.0. The summed E-state index contributed by atoms with van der Waals surface area (Å²) in [5.74, 6) is 2.90. The number of hydrogen-bond acceptors (Lipinski definition) is 6. The second-order valence-corrected chi connectivity index (χ2v) is 28.1. The fourth-order valence-electron chi connectivity index (χ4n) is 17.3.